The number of hydrogen-bond acceptors (Lipinski definition) is 4. The molecule has 0 saturated carbocycles. The normalized spacial score (nSPS) is 14.5. The van der Waals surface area contributed by atoms with Crippen molar-refractivity contribution in [2.24, 2.45) is 0 Å². The van der Waals surface area contributed by atoms with Gasteiger partial charge in [0.1, 0.15) is 17.5 Å². The van der Waals surface area contributed by atoms with Gasteiger partial charge in [-0.25, -0.2) is 14.4 Å². The van der Waals surface area contributed by atoms with Crippen molar-refractivity contribution < 1.29 is 4.39 Å². The minimum absolute atomic E-state index is 0.241. The van der Waals surface area contributed by atoms with Gasteiger partial charge in [-0.05, 0) is 74.5 Å². The zero-order valence-electron chi connectivity index (χ0n) is 17.1. The minimum atomic E-state index is -0.241. The van der Waals surface area contributed by atoms with Crippen molar-refractivity contribution in [2.45, 2.75) is 18.9 Å². The van der Waals surface area contributed by atoms with Crippen LogP contribution in [0.25, 0.3) is 22.6 Å². The van der Waals surface area contributed by atoms with E-state index in [2.05, 4.69) is 26.3 Å². The van der Waals surface area contributed by atoms with Crippen molar-refractivity contribution in [1.82, 2.24) is 19.9 Å². The van der Waals surface area contributed by atoms with E-state index in [9.17, 15) is 4.39 Å². The van der Waals surface area contributed by atoms with Gasteiger partial charge in [-0.1, -0.05) is 18.2 Å². The highest BCUT2D eigenvalue weighted by Gasteiger charge is 2.23. The second-order valence-electron chi connectivity index (χ2n) is 7.75. The number of nitrogens with zero attached hydrogens (tertiary/aromatic N) is 3. The molecule has 156 valence electrons. The van der Waals surface area contributed by atoms with Crippen LogP contribution >= 0.6 is 0 Å². The zero-order chi connectivity index (χ0) is 21.0. The molecule has 0 radical (unpaired) electrons. The molecule has 2 aromatic carbocycles. The summed E-state index contributed by atoms with van der Waals surface area (Å²) in [6.07, 6.45) is 5.79. The van der Waals surface area contributed by atoms with Gasteiger partial charge < -0.3 is 15.2 Å². The first-order chi connectivity index (χ1) is 15.3. The van der Waals surface area contributed by atoms with E-state index >= 15 is 0 Å². The average Bonchev–Trinajstić information content (AvgIpc) is 3.26. The van der Waals surface area contributed by atoms with Crippen molar-refractivity contribution in [2.75, 3.05) is 18.4 Å². The molecule has 0 bridgehead atoms. The molecule has 1 aliphatic rings. The van der Waals surface area contributed by atoms with Crippen LogP contribution in [-0.2, 0) is 0 Å². The summed E-state index contributed by atoms with van der Waals surface area (Å²) in [6, 6.07) is 21.0. The fourth-order valence-corrected chi connectivity index (χ4v) is 4.15. The Bertz CT molecular complexity index is 1150. The van der Waals surface area contributed by atoms with E-state index in [0.717, 1.165) is 60.1 Å². The molecule has 0 atom stereocenters. The molecular weight excluding hydrogens is 389 g/mol. The highest BCUT2D eigenvalue weighted by molar-refractivity contribution is 5.69. The zero-order valence-corrected chi connectivity index (χ0v) is 17.1. The van der Waals surface area contributed by atoms with E-state index in [-0.39, 0.29) is 5.82 Å². The number of para-hydroxylation sites is 1. The Labute approximate surface area is 181 Å². The highest BCUT2D eigenvalue weighted by atomic mass is 19.1. The number of benzene rings is 2. The van der Waals surface area contributed by atoms with Gasteiger partial charge in [0.25, 0.3) is 0 Å². The second kappa shape index (κ2) is 8.70. The summed E-state index contributed by atoms with van der Waals surface area (Å²) < 4.78 is 15.8. The number of piperidine rings is 1. The molecule has 0 unspecified atom stereocenters. The third-order valence-corrected chi connectivity index (χ3v) is 5.67. The lowest BCUT2D eigenvalue weighted by atomic mass is 10.0. The SMILES string of the molecule is Fc1ccc(-c2ncc(-c3ccnc(Nc4ccccc4)c3)n2C2CCNCC2)cc1. The van der Waals surface area contributed by atoms with Gasteiger partial charge in [0, 0.05) is 29.1 Å². The Morgan fingerprint density at radius 1 is 0.903 bits per heavy atom. The maximum atomic E-state index is 13.5. The molecule has 1 saturated heterocycles. The summed E-state index contributed by atoms with van der Waals surface area (Å²) in [6.45, 7) is 1.95. The van der Waals surface area contributed by atoms with Crippen LogP contribution in [0.1, 0.15) is 18.9 Å². The lowest BCUT2D eigenvalue weighted by molar-refractivity contribution is 0.373. The molecule has 2 aromatic heterocycles. The van der Waals surface area contributed by atoms with Gasteiger partial charge in [0.15, 0.2) is 0 Å². The predicted octanol–water partition coefficient (Wildman–Crippen LogP) is 5.42. The number of halogens is 1. The first-order valence-corrected chi connectivity index (χ1v) is 10.6. The van der Waals surface area contributed by atoms with E-state index < -0.39 is 0 Å². The first-order valence-electron chi connectivity index (χ1n) is 10.6. The smallest absolute Gasteiger partial charge is 0.140 e. The number of anilines is 2. The number of imidazole rings is 1. The van der Waals surface area contributed by atoms with Gasteiger partial charge >= 0.3 is 0 Å². The van der Waals surface area contributed by atoms with Gasteiger partial charge in [-0.15, -0.1) is 0 Å². The topological polar surface area (TPSA) is 54.8 Å². The quantitative estimate of drug-likeness (QED) is 0.459. The number of hydrogen-bond donors (Lipinski definition) is 2. The summed E-state index contributed by atoms with van der Waals surface area (Å²) >= 11 is 0. The molecule has 3 heterocycles. The van der Waals surface area contributed by atoms with E-state index in [1.165, 1.54) is 12.1 Å². The molecule has 4 aromatic rings. The van der Waals surface area contributed by atoms with Crippen LogP contribution in [-0.4, -0.2) is 27.6 Å². The fourth-order valence-electron chi connectivity index (χ4n) is 4.15. The van der Waals surface area contributed by atoms with Crippen LogP contribution in [0, 0.1) is 5.82 Å². The standard InChI is InChI=1S/C25H24FN5/c26-20-8-6-18(7-9-20)25-29-17-23(31(25)22-11-13-27-14-12-22)19-10-15-28-24(16-19)30-21-4-2-1-3-5-21/h1-10,15-17,22,27H,11-14H2,(H,28,30). The number of aromatic nitrogens is 3. The highest BCUT2D eigenvalue weighted by Crippen LogP contribution is 2.34. The predicted molar refractivity (Wildman–Crippen MR) is 122 cm³/mol. The Kier molecular flexibility index (Phi) is 5.46. The van der Waals surface area contributed by atoms with E-state index in [1.54, 1.807) is 12.1 Å². The third-order valence-electron chi connectivity index (χ3n) is 5.67. The minimum Gasteiger partial charge on any atom is -0.340 e. The van der Waals surface area contributed by atoms with Gasteiger partial charge in [0.2, 0.25) is 0 Å². The number of pyridine rings is 1. The maximum Gasteiger partial charge on any atom is 0.140 e. The molecule has 5 nitrogen and oxygen atoms in total. The fraction of sp³-hybridized carbons (Fsp3) is 0.200. The van der Waals surface area contributed by atoms with Crippen LogP contribution < -0.4 is 10.6 Å². The molecular formula is C25H24FN5. The van der Waals surface area contributed by atoms with Gasteiger partial charge in [-0.3, -0.25) is 0 Å². The summed E-state index contributed by atoms with van der Waals surface area (Å²) in [5.74, 6) is 1.41. The molecule has 1 fully saturated rings. The molecule has 2 N–H and O–H groups in total. The van der Waals surface area contributed by atoms with Crippen LogP contribution in [0.15, 0.2) is 79.1 Å². The van der Waals surface area contributed by atoms with Crippen molar-refractivity contribution >= 4 is 11.5 Å². The van der Waals surface area contributed by atoms with Crippen LogP contribution in [0.3, 0.4) is 0 Å². The Morgan fingerprint density at radius 2 is 1.68 bits per heavy atom. The molecule has 5 rings (SSSR count). The van der Waals surface area contributed by atoms with E-state index in [0.29, 0.717) is 6.04 Å². The number of rotatable bonds is 5. The van der Waals surface area contributed by atoms with Crippen LogP contribution in [0.2, 0.25) is 0 Å². The summed E-state index contributed by atoms with van der Waals surface area (Å²) in [4.78, 5) is 9.25. The molecule has 0 spiro atoms. The average molecular weight is 414 g/mol. The molecule has 0 amide bonds. The maximum absolute atomic E-state index is 13.5. The second-order valence-corrected chi connectivity index (χ2v) is 7.75. The Morgan fingerprint density at radius 3 is 2.45 bits per heavy atom. The van der Waals surface area contributed by atoms with Crippen molar-refractivity contribution in [3.63, 3.8) is 0 Å². The van der Waals surface area contributed by atoms with E-state index in [1.807, 2.05) is 48.8 Å². The lowest BCUT2D eigenvalue weighted by Gasteiger charge is -2.27. The van der Waals surface area contributed by atoms with Crippen molar-refractivity contribution in [3.8, 4) is 22.6 Å². The summed E-state index contributed by atoms with van der Waals surface area (Å²) in [5.41, 5.74) is 4.01. The summed E-state index contributed by atoms with van der Waals surface area (Å²) in [5, 5.41) is 6.80. The summed E-state index contributed by atoms with van der Waals surface area (Å²) in [7, 11) is 0. The van der Waals surface area contributed by atoms with Crippen LogP contribution in [0.5, 0.6) is 0 Å². The van der Waals surface area contributed by atoms with Crippen molar-refractivity contribution in [1.29, 1.82) is 0 Å². The van der Waals surface area contributed by atoms with Crippen LogP contribution in [0.4, 0.5) is 15.9 Å². The number of nitrogens with one attached hydrogen (secondary N) is 2. The Balaban J connectivity index is 1.56. The molecule has 1 aliphatic heterocycles. The van der Waals surface area contributed by atoms with Crippen molar-refractivity contribution in [3.05, 3.63) is 84.9 Å². The molecule has 6 heteroatoms. The lowest BCUT2D eigenvalue weighted by Crippen LogP contribution is -2.30. The van der Waals surface area contributed by atoms with Gasteiger partial charge in [-0.2, -0.15) is 0 Å². The third kappa shape index (κ3) is 4.20. The monoisotopic (exact) mass is 413 g/mol. The largest absolute Gasteiger partial charge is 0.340 e. The molecule has 0 aliphatic carbocycles. The van der Waals surface area contributed by atoms with Gasteiger partial charge in [0.05, 0.1) is 11.9 Å². The van der Waals surface area contributed by atoms with E-state index in [4.69, 9.17) is 4.98 Å². The first kappa shape index (κ1) is 19.5. The Hall–Kier alpha value is -3.51. The molecule has 31 heavy (non-hydrogen) atoms.